The number of alkyl carbamates (subject to hydrolysis) is 1. The van der Waals surface area contributed by atoms with Crippen LogP contribution in [0.25, 0.3) is 5.65 Å². The predicted molar refractivity (Wildman–Crippen MR) is 104 cm³/mol. The second-order valence-electron chi connectivity index (χ2n) is 7.40. The van der Waals surface area contributed by atoms with Crippen molar-refractivity contribution in [2.45, 2.75) is 44.6 Å². The fraction of sp³-hybridized carbons (Fsp3) is 0.444. The van der Waals surface area contributed by atoms with E-state index in [-0.39, 0.29) is 35.8 Å². The van der Waals surface area contributed by atoms with E-state index in [4.69, 9.17) is 9.47 Å². The van der Waals surface area contributed by atoms with E-state index in [0.29, 0.717) is 0 Å². The predicted octanol–water partition coefficient (Wildman–Crippen LogP) is 3.01. The Kier molecular flexibility index (Phi) is 5.97. The molecule has 3 aromatic heterocycles. The summed E-state index contributed by atoms with van der Waals surface area (Å²) in [5.74, 6) is -0.381. The molecule has 4 heterocycles. The van der Waals surface area contributed by atoms with E-state index in [9.17, 15) is 22.4 Å². The number of halogens is 4. The number of aromatic nitrogens is 5. The number of hydrogen-bond donors (Lipinski definition) is 3. The SMILES string of the molecule is CC(C)NC(=O)O[C@@H]1CO[C@H](c2cc(Nc3nccc4nc(OC(F)(F)F)cn34)n[nH]2)[C@H]1F. The molecule has 0 bridgehead atoms. The van der Waals surface area contributed by atoms with E-state index in [0.717, 1.165) is 6.20 Å². The average Bonchev–Trinajstić information content (AvgIpc) is 3.40. The summed E-state index contributed by atoms with van der Waals surface area (Å²) in [5.41, 5.74) is 0.407. The van der Waals surface area contributed by atoms with Crippen LogP contribution in [0.1, 0.15) is 25.6 Å². The normalized spacial score (nSPS) is 20.9. The molecule has 1 aliphatic heterocycles. The number of amides is 1. The van der Waals surface area contributed by atoms with Crippen molar-refractivity contribution in [1.29, 1.82) is 0 Å². The third-order valence-corrected chi connectivity index (χ3v) is 4.47. The summed E-state index contributed by atoms with van der Waals surface area (Å²) in [6.07, 6.45) is -7.10. The van der Waals surface area contributed by atoms with Crippen LogP contribution >= 0.6 is 0 Å². The first-order valence-corrected chi connectivity index (χ1v) is 9.74. The number of aromatic amines is 1. The van der Waals surface area contributed by atoms with Crippen LogP contribution < -0.4 is 15.4 Å². The molecule has 178 valence electrons. The summed E-state index contributed by atoms with van der Waals surface area (Å²) in [4.78, 5) is 19.5. The second-order valence-corrected chi connectivity index (χ2v) is 7.40. The largest absolute Gasteiger partial charge is 0.574 e. The van der Waals surface area contributed by atoms with E-state index in [1.54, 1.807) is 13.8 Å². The number of nitrogens with zero attached hydrogens (tertiary/aromatic N) is 4. The maximum Gasteiger partial charge on any atom is 0.574 e. The minimum absolute atomic E-state index is 0.0887. The van der Waals surface area contributed by atoms with Gasteiger partial charge in [0.25, 0.3) is 0 Å². The van der Waals surface area contributed by atoms with E-state index >= 15 is 0 Å². The average molecular weight is 473 g/mol. The van der Waals surface area contributed by atoms with Crippen molar-refractivity contribution in [3.63, 3.8) is 0 Å². The van der Waals surface area contributed by atoms with Gasteiger partial charge in [0.05, 0.1) is 18.5 Å². The molecule has 0 radical (unpaired) electrons. The number of alkyl halides is 4. The van der Waals surface area contributed by atoms with Crippen LogP contribution in [0.15, 0.2) is 24.5 Å². The number of fused-ring (bicyclic) bond motifs is 1. The first kappa shape index (κ1) is 22.6. The van der Waals surface area contributed by atoms with Gasteiger partial charge < -0.3 is 24.8 Å². The summed E-state index contributed by atoms with van der Waals surface area (Å²) >= 11 is 0. The Labute approximate surface area is 183 Å². The molecule has 0 saturated carbocycles. The topological polar surface area (TPSA) is 128 Å². The number of ether oxygens (including phenoxy) is 3. The quantitative estimate of drug-likeness (QED) is 0.467. The van der Waals surface area contributed by atoms with Crippen molar-refractivity contribution >= 4 is 23.5 Å². The number of imidazole rings is 1. The Balaban J connectivity index is 1.45. The molecule has 0 aromatic carbocycles. The zero-order chi connectivity index (χ0) is 23.8. The van der Waals surface area contributed by atoms with Gasteiger partial charge in [0, 0.05) is 18.3 Å². The van der Waals surface area contributed by atoms with Crippen molar-refractivity contribution in [2.75, 3.05) is 11.9 Å². The summed E-state index contributed by atoms with van der Waals surface area (Å²) in [6, 6.07) is 2.66. The van der Waals surface area contributed by atoms with Crippen molar-refractivity contribution in [2.24, 2.45) is 0 Å². The molecule has 1 saturated heterocycles. The van der Waals surface area contributed by atoms with Gasteiger partial charge in [0.15, 0.2) is 18.1 Å². The molecule has 3 aromatic rings. The molecular formula is C18H19F4N7O4. The minimum Gasteiger partial charge on any atom is -0.441 e. The fourth-order valence-electron chi connectivity index (χ4n) is 3.16. The van der Waals surface area contributed by atoms with Crippen molar-refractivity contribution in [3.8, 4) is 5.88 Å². The van der Waals surface area contributed by atoms with Crippen LogP contribution in [0.5, 0.6) is 5.88 Å². The van der Waals surface area contributed by atoms with E-state index < -0.39 is 36.7 Å². The van der Waals surface area contributed by atoms with Gasteiger partial charge in [-0.1, -0.05) is 0 Å². The summed E-state index contributed by atoms with van der Waals surface area (Å²) in [7, 11) is 0. The lowest BCUT2D eigenvalue weighted by Crippen LogP contribution is -2.36. The molecule has 11 nitrogen and oxygen atoms in total. The van der Waals surface area contributed by atoms with Crippen LogP contribution in [-0.2, 0) is 9.47 Å². The first-order chi connectivity index (χ1) is 15.6. The highest BCUT2D eigenvalue weighted by Gasteiger charge is 2.42. The third-order valence-electron chi connectivity index (χ3n) is 4.47. The van der Waals surface area contributed by atoms with E-state index in [1.165, 1.54) is 22.7 Å². The Hall–Kier alpha value is -3.62. The van der Waals surface area contributed by atoms with Gasteiger partial charge in [-0.05, 0) is 19.9 Å². The van der Waals surface area contributed by atoms with E-state index in [1.807, 2.05) is 0 Å². The van der Waals surface area contributed by atoms with Crippen LogP contribution in [0.4, 0.5) is 34.1 Å². The lowest BCUT2D eigenvalue weighted by Gasteiger charge is -2.16. The summed E-state index contributed by atoms with van der Waals surface area (Å²) < 4.78 is 67.7. The monoisotopic (exact) mass is 473 g/mol. The van der Waals surface area contributed by atoms with Crippen molar-refractivity contribution in [3.05, 3.63) is 30.2 Å². The Morgan fingerprint density at radius 2 is 2.18 bits per heavy atom. The number of rotatable bonds is 6. The first-order valence-electron chi connectivity index (χ1n) is 9.74. The number of nitrogens with one attached hydrogen (secondary N) is 3. The van der Waals surface area contributed by atoms with Crippen molar-refractivity contribution in [1.82, 2.24) is 29.9 Å². The number of carbonyl (C=O) groups is 1. The third kappa shape index (κ3) is 5.24. The number of carbonyl (C=O) groups excluding carboxylic acids is 1. The molecule has 1 fully saturated rings. The number of H-pyrrole nitrogens is 1. The van der Waals surface area contributed by atoms with Crippen LogP contribution in [-0.4, -0.2) is 61.9 Å². The Morgan fingerprint density at radius 1 is 1.39 bits per heavy atom. The zero-order valence-corrected chi connectivity index (χ0v) is 17.3. The Bertz CT molecular complexity index is 1130. The Morgan fingerprint density at radius 3 is 2.91 bits per heavy atom. The van der Waals surface area contributed by atoms with Crippen LogP contribution in [0.2, 0.25) is 0 Å². The molecule has 3 atom stereocenters. The molecule has 1 aliphatic rings. The molecule has 4 rings (SSSR count). The van der Waals surface area contributed by atoms with E-state index in [2.05, 4.69) is 35.5 Å². The number of hydrogen-bond acceptors (Lipinski definition) is 8. The van der Waals surface area contributed by atoms with Gasteiger partial charge in [-0.2, -0.15) is 10.1 Å². The molecule has 33 heavy (non-hydrogen) atoms. The van der Waals surface area contributed by atoms with Gasteiger partial charge in [-0.25, -0.2) is 14.2 Å². The van der Waals surface area contributed by atoms with Gasteiger partial charge in [0.2, 0.25) is 11.8 Å². The molecule has 0 spiro atoms. The zero-order valence-electron chi connectivity index (χ0n) is 17.3. The standard InChI is InChI=1S/C18H19F4N7O4/c1-8(2)24-17(30)32-10-7-31-15(14(10)19)9-5-11(28-27-9)25-16-23-4-3-12-26-13(6-29(12)16)33-18(20,21)22/h3-6,8,10,14-15H,7H2,1-2H3,(H,24,30)(H2,23,25,27,28)/t10-,14+,15-/m1/s1. The molecule has 1 amide bonds. The smallest absolute Gasteiger partial charge is 0.441 e. The molecule has 0 aliphatic carbocycles. The van der Waals surface area contributed by atoms with Crippen LogP contribution in [0, 0.1) is 0 Å². The lowest BCUT2D eigenvalue weighted by atomic mass is 10.1. The fourth-order valence-corrected chi connectivity index (χ4v) is 3.16. The molecular weight excluding hydrogens is 454 g/mol. The number of anilines is 2. The molecule has 15 heteroatoms. The summed E-state index contributed by atoms with van der Waals surface area (Å²) in [5, 5.41) is 11.9. The maximum absolute atomic E-state index is 14.8. The second kappa shape index (κ2) is 8.73. The molecule has 0 unspecified atom stereocenters. The van der Waals surface area contributed by atoms with Gasteiger partial charge in [0.1, 0.15) is 11.8 Å². The highest BCUT2D eigenvalue weighted by Crippen LogP contribution is 2.33. The van der Waals surface area contributed by atoms with Gasteiger partial charge in [-0.15, -0.1) is 13.2 Å². The van der Waals surface area contributed by atoms with Gasteiger partial charge >= 0.3 is 12.5 Å². The highest BCUT2D eigenvalue weighted by molar-refractivity contribution is 5.67. The maximum atomic E-state index is 14.8. The van der Waals surface area contributed by atoms with Crippen molar-refractivity contribution < 1.29 is 36.6 Å². The summed E-state index contributed by atoms with van der Waals surface area (Å²) in [6.45, 7) is 3.34. The molecule has 3 N–H and O–H groups in total. The lowest BCUT2D eigenvalue weighted by molar-refractivity contribution is -0.276. The van der Waals surface area contributed by atoms with Gasteiger partial charge in [-0.3, -0.25) is 9.50 Å². The minimum atomic E-state index is -4.89. The highest BCUT2D eigenvalue weighted by atomic mass is 19.4. The van der Waals surface area contributed by atoms with Crippen LogP contribution in [0.3, 0.4) is 0 Å².